The highest BCUT2D eigenvalue weighted by Crippen LogP contribution is 2.20. The van der Waals surface area contributed by atoms with Gasteiger partial charge in [0.2, 0.25) is 23.6 Å². The highest BCUT2D eigenvalue weighted by molar-refractivity contribution is 5.95. The molecule has 1 saturated heterocycles. The van der Waals surface area contributed by atoms with E-state index >= 15 is 0 Å². The van der Waals surface area contributed by atoms with E-state index in [1.54, 1.807) is 0 Å². The fraction of sp³-hybridized carbons (Fsp3) is 0.577. The minimum Gasteiger partial charge on any atom is -0.480 e. The molecule has 0 spiro atoms. The van der Waals surface area contributed by atoms with Crippen LogP contribution in [0.25, 0.3) is 0 Å². The Labute approximate surface area is 217 Å². The molecule has 0 unspecified atom stereocenters. The molecule has 1 aliphatic rings. The van der Waals surface area contributed by atoms with Crippen molar-refractivity contribution in [3.05, 3.63) is 35.9 Å². The Kier molecular flexibility index (Phi) is 11.0. The van der Waals surface area contributed by atoms with Crippen LogP contribution in [-0.4, -0.2) is 76.4 Å². The first-order chi connectivity index (χ1) is 17.4. The molecule has 0 aliphatic carbocycles. The lowest BCUT2D eigenvalue weighted by Crippen LogP contribution is -2.58. The third-order valence-electron chi connectivity index (χ3n) is 6.22. The number of carboxylic acids is 1. The number of hydrogen-bond donors (Lipinski definition) is 5. The van der Waals surface area contributed by atoms with Crippen molar-refractivity contribution in [1.82, 2.24) is 20.9 Å². The number of rotatable bonds is 12. The molecule has 5 atom stereocenters. The smallest absolute Gasteiger partial charge is 0.326 e. The minimum absolute atomic E-state index is 0.0378. The van der Waals surface area contributed by atoms with Crippen LogP contribution in [0.3, 0.4) is 0 Å². The number of nitrogens with two attached hydrogens (primary N) is 1. The summed E-state index contributed by atoms with van der Waals surface area (Å²) in [6.45, 7) is 7.08. The van der Waals surface area contributed by atoms with Crippen molar-refractivity contribution in [2.75, 3.05) is 6.54 Å². The Hall–Kier alpha value is -3.47. The number of nitrogens with zero attached hydrogens (tertiary/aromatic N) is 1. The standard InChI is InChI=1S/C26H39N5O6/c1-15(2)13-20(25(35)31-12-8-11-21(31)26(36)37)30-24(34)19(14-18-9-6-5-7-10-18)29-23(33)17(4)28-22(32)16(3)27/h5-7,9-10,15-17,19-21H,8,11-14,27H2,1-4H3,(H,28,32)(H,29,33)(H,30,34)(H,36,37)/t16-,17-,19-,20-,21-/m0/s1. The molecule has 1 heterocycles. The monoisotopic (exact) mass is 517 g/mol. The van der Waals surface area contributed by atoms with Crippen molar-refractivity contribution in [2.45, 2.75) is 83.6 Å². The lowest BCUT2D eigenvalue weighted by atomic mass is 10.00. The Morgan fingerprint density at radius 2 is 1.57 bits per heavy atom. The van der Waals surface area contributed by atoms with Gasteiger partial charge in [-0.05, 0) is 44.6 Å². The van der Waals surface area contributed by atoms with Gasteiger partial charge in [0.1, 0.15) is 24.2 Å². The average molecular weight is 518 g/mol. The number of benzene rings is 1. The zero-order chi connectivity index (χ0) is 27.7. The molecule has 2 rings (SSSR count). The van der Waals surface area contributed by atoms with Crippen molar-refractivity contribution in [2.24, 2.45) is 11.7 Å². The van der Waals surface area contributed by atoms with Crippen molar-refractivity contribution in [3.63, 3.8) is 0 Å². The summed E-state index contributed by atoms with van der Waals surface area (Å²) in [4.78, 5) is 64.5. The Morgan fingerprint density at radius 1 is 0.946 bits per heavy atom. The van der Waals surface area contributed by atoms with Gasteiger partial charge in [-0.1, -0.05) is 44.2 Å². The third kappa shape index (κ3) is 8.85. The summed E-state index contributed by atoms with van der Waals surface area (Å²) < 4.78 is 0. The van der Waals surface area contributed by atoms with Crippen LogP contribution in [-0.2, 0) is 30.4 Å². The highest BCUT2D eigenvalue weighted by Gasteiger charge is 2.38. The molecule has 6 N–H and O–H groups in total. The van der Waals surface area contributed by atoms with Gasteiger partial charge in [0.25, 0.3) is 0 Å². The Bertz CT molecular complexity index is 967. The molecule has 204 valence electrons. The van der Waals surface area contributed by atoms with Crippen LogP contribution in [0.1, 0.15) is 52.5 Å². The number of carboxylic acid groups (broad SMARTS) is 1. The SMILES string of the molecule is CC(C)C[C@H](NC(=O)[C@H](Cc1ccccc1)NC(=O)[C@H](C)NC(=O)[C@H](C)N)C(=O)N1CCC[C@H]1C(=O)O. The summed E-state index contributed by atoms with van der Waals surface area (Å²) in [5.74, 6) is -3.15. The zero-order valence-electron chi connectivity index (χ0n) is 21.9. The van der Waals surface area contributed by atoms with Gasteiger partial charge >= 0.3 is 5.97 Å². The second kappa shape index (κ2) is 13.7. The molecule has 11 nitrogen and oxygen atoms in total. The Morgan fingerprint density at radius 3 is 2.14 bits per heavy atom. The highest BCUT2D eigenvalue weighted by atomic mass is 16.4. The van der Waals surface area contributed by atoms with Crippen molar-refractivity contribution >= 4 is 29.6 Å². The second-order valence-electron chi connectivity index (χ2n) is 9.99. The van der Waals surface area contributed by atoms with Crippen LogP contribution < -0.4 is 21.7 Å². The van der Waals surface area contributed by atoms with Crippen LogP contribution in [0, 0.1) is 5.92 Å². The fourth-order valence-corrected chi connectivity index (χ4v) is 4.22. The van der Waals surface area contributed by atoms with Gasteiger partial charge in [0.05, 0.1) is 6.04 Å². The molecule has 0 aromatic heterocycles. The minimum atomic E-state index is -1.07. The molecular formula is C26H39N5O6. The first-order valence-corrected chi connectivity index (χ1v) is 12.6. The largest absolute Gasteiger partial charge is 0.480 e. The summed E-state index contributed by atoms with van der Waals surface area (Å²) in [6, 6.07) is 4.41. The van der Waals surface area contributed by atoms with E-state index in [2.05, 4.69) is 16.0 Å². The van der Waals surface area contributed by atoms with Gasteiger partial charge < -0.3 is 31.7 Å². The van der Waals surface area contributed by atoms with Crippen molar-refractivity contribution in [1.29, 1.82) is 0 Å². The van der Waals surface area contributed by atoms with E-state index in [9.17, 15) is 29.1 Å². The summed E-state index contributed by atoms with van der Waals surface area (Å²) in [6.07, 6.45) is 1.39. The molecule has 1 aromatic rings. The van der Waals surface area contributed by atoms with E-state index in [1.807, 2.05) is 44.2 Å². The summed E-state index contributed by atoms with van der Waals surface area (Å²) in [5.41, 5.74) is 6.34. The van der Waals surface area contributed by atoms with Crippen molar-refractivity contribution < 1.29 is 29.1 Å². The molecule has 0 bridgehead atoms. The van der Waals surface area contributed by atoms with E-state index in [-0.39, 0.29) is 12.3 Å². The predicted octanol–water partition coefficient (Wildman–Crippen LogP) is 0.172. The van der Waals surface area contributed by atoms with Gasteiger partial charge in [0.15, 0.2) is 0 Å². The first kappa shape index (κ1) is 29.8. The van der Waals surface area contributed by atoms with E-state index in [1.165, 1.54) is 18.7 Å². The van der Waals surface area contributed by atoms with Gasteiger partial charge in [-0.15, -0.1) is 0 Å². The zero-order valence-corrected chi connectivity index (χ0v) is 21.9. The van der Waals surface area contributed by atoms with E-state index in [4.69, 9.17) is 5.73 Å². The topological polar surface area (TPSA) is 171 Å². The lowest BCUT2D eigenvalue weighted by Gasteiger charge is -2.30. The molecule has 1 fully saturated rings. The molecule has 11 heteroatoms. The van der Waals surface area contributed by atoms with Crippen LogP contribution >= 0.6 is 0 Å². The van der Waals surface area contributed by atoms with Crippen LogP contribution in [0.2, 0.25) is 0 Å². The van der Waals surface area contributed by atoms with Gasteiger partial charge in [-0.3, -0.25) is 19.2 Å². The molecule has 0 saturated carbocycles. The maximum absolute atomic E-state index is 13.4. The van der Waals surface area contributed by atoms with Gasteiger partial charge in [-0.25, -0.2) is 4.79 Å². The molecule has 37 heavy (non-hydrogen) atoms. The summed E-state index contributed by atoms with van der Waals surface area (Å²) in [5, 5.41) is 17.5. The Balaban J connectivity index is 2.23. The van der Waals surface area contributed by atoms with E-state index in [0.717, 1.165) is 5.56 Å². The van der Waals surface area contributed by atoms with Gasteiger partial charge in [0, 0.05) is 13.0 Å². The predicted molar refractivity (Wildman–Crippen MR) is 137 cm³/mol. The summed E-state index contributed by atoms with van der Waals surface area (Å²) in [7, 11) is 0. The first-order valence-electron chi connectivity index (χ1n) is 12.6. The number of carbonyl (C=O) groups excluding carboxylic acids is 4. The molecule has 1 aromatic carbocycles. The number of likely N-dealkylation sites (tertiary alicyclic amines) is 1. The number of carbonyl (C=O) groups is 5. The third-order valence-corrected chi connectivity index (χ3v) is 6.22. The number of nitrogens with one attached hydrogen (secondary N) is 3. The van der Waals surface area contributed by atoms with E-state index < -0.39 is 59.8 Å². The second-order valence-corrected chi connectivity index (χ2v) is 9.99. The summed E-state index contributed by atoms with van der Waals surface area (Å²) >= 11 is 0. The maximum Gasteiger partial charge on any atom is 0.326 e. The maximum atomic E-state index is 13.4. The number of hydrogen-bond acceptors (Lipinski definition) is 6. The molecule has 0 radical (unpaired) electrons. The average Bonchev–Trinajstić information content (AvgIpc) is 3.33. The fourth-order valence-electron chi connectivity index (χ4n) is 4.22. The molecule has 4 amide bonds. The molecule has 1 aliphatic heterocycles. The van der Waals surface area contributed by atoms with Gasteiger partial charge in [-0.2, -0.15) is 0 Å². The lowest BCUT2D eigenvalue weighted by molar-refractivity contribution is -0.149. The van der Waals surface area contributed by atoms with Crippen LogP contribution in [0.15, 0.2) is 30.3 Å². The van der Waals surface area contributed by atoms with E-state index in [0.29, 0.717) is 25.8 Å². The normalized spacial score (nSPS) is 18.4. The quantitative estimate of drug-likeness (QED) is 0.263. The number of aliphatic carboxylic acids is 1. The van der Waals surface area contributed by atoms with Crippen LogP contribution in [0.5, 0.6) is 0 Å². The van der Waals surface area contributed by atoms with Crippen molar-refractivity contribution in [3.8, 4) is 0 Å². The number of amides is 4. The molecular weight excluding hydrogens is 478 g/mol. The van der Waals surface area contributed by atoms with Crippen LogP contribution in [0.4, 0.5) is 0 Å².